The van der Waals surface area contributed by atoms with Gasteiger partial charge in [-0.2, -0.15) is 5.10 Å². The minimum atomic E-state index is -3.91. The number of aromatic carboxylic acids is 1. The average molecular weight is 344 g/mol. The summed E-state index contributed by atoms with van der Waals surface area (Å²) in [6.45, 7) is 0. The normalized spacial score (nSPS) is 11.2. The fourth-order valence-electron chi connectivity index (χ4n) is 2.00. The molecule has 1 aromatic carbocycles. The SMILES string of the molecule is O=C(O)c1cccc(S(=O)(=O)Nc2ccc(-n3cccn3)nc2)c1. The number of hydrogen-bond donors (Lipinski definition) is 2. The summed E-state index contributed by atoms with van der Waals surface area (Å²) in [5, 5.41) is 13.0. The average Bonchev–Trinajstić information content (AvgIpc) is 3.10. The van der Waals surface area contributed by atoms with Crippen molar-refractivity contribution in [3.63, 3.8) is 0 Å². The molecule has 2 aromatic heterocycles. The minimum absolute atomic E-state index is 0.106. The van der Waals surface area contributed by atoms with Crippen molar-refractivity contribution in [1.82, 2.24) is 14.8 Å². The lowest BCUT2D eigenvalue weighted by atomic mass is 10.2. The number of carbonyl (C=O) groups is 1. The van der Waals surface area contributed by atoms with Crippen LogP contribution >= 0.6 is 0 Å². The molecule has 0 radical (unpaired) electrons. The largest absolute Gasteiger partial charge is 0.478 e. The van der Waals surface area contributed by atoms with E-state index in [0.717, 1.165) is 6.07 Å². The molecule has 0 saturated carbocycles. The van der Waals surface area contributed by atoms with E-state index in [1.165, 1.54) is 29.1 Å². The Labute approximate surface area is 137 Å². The highest BCUT2D eigenvalue weighted by Gasteiger charge is 2.16. The number of benzene rings is 1. The van der Waals surface area contributed by atoms with E-state index < -0.39 is 16.0 Å². The Balaban J connectivity index is 1.84. The van der Waals surface area contributed by atoms with Gasteiger partial charge in [-0.3, -0.25) is 4.72 Å². The Morgan fingerprint density at radius 3 is 2.62 bits per heavy atom. The highest BCUT2D eigenvalue weighted by atomic mass is 32.2. The lowest BCUT2D eigenvalue weighted by molar-refractivity contribution is 0.0696. The van der Waals surface area contributed by atoms with Crippen molar-refractivity contribution in [1.29, 1.82) is 0 Å². The van der Waals surface area contributed by atoms with Gasteiger partial charge in [-0.25, -0.2) is 22.9 Å². The van der Waals surface area contributed by atoms with Gasteiger partial charge in [-0.1, -0.05) is 6.07 Å². The number of carboxylic acids is 1. The van der Waals surface area contributed by atoms with Crippen molar-refractivity contribution >= 4 is 21.7 Å². The molecule has 0 bridgehead atoms. The number of anilines is 1. The molecule has 0 aliphatic carbocycles. The summed E-state index contributed by atoms with van der Waals surface area (Å²) in [6.07, 6.45) is 4.67. The minimum Gasteiger partial charge on any atom is -0.478 e. The fraction of sp³-hybridized carbons (Fsp3) is 0. The second-order valence-corrected chi connectivity index (χ2v) is 6.48. The van der Waals surface area contributed by atoms with Crippen molar-refractivity contribution in [2.24, 2.45) is 0 Å². The number of nitrogens with one attached hydrogen (secondary N) is 1. The lowest BCUT2D eigenvalue weighted by Crippen LogP contribution is -2.14. The molecular formula is C15H12N4O4S. The summed E-state index contributed by atoms with van der Waals surface area (Å²) in [4.78, 5) is 14.9. The zero-order valence-corrected chi connectivity index (χ0v) is 13.0. The van der Waals surface area contributed by atoms with Crippen LogP contribution in [0.4, 0.5) is 5.69 Å². The third-order valence-corrected chi connectivity index (χ3v) is 4.51. The standard InChI is InChI=1S/C15H12N4O4S/c20-15(21)11-3-1-4-13(9-11)24(22,23)18-12-5-6-14(16-10-12)19-8-2-7-17-19/h1-10,18H,(H,20,21). The molecule has 0 atom stereocenters. The number of carboxylic acid groups (broad SMARTS) is 1. The fourth-order valence-corrected chi connectivity index (χ4v) is 3.09. The predicted octanol–water partition coefficient (Wildman–Crippen LogP) is 1.77. The monoisotopic (exact) mass is 344 g/mol. The Morgan fingerprint density at radius 2 is 2.00 bits per heavy atom. The second-order valence-electron chi connectivity index (χ2n) is 4.79. The second kappa shape index (κ2) is 6.13. The molecule has 0 spiro atoms. The van der Waals surface area contributed by atoms with Crippen LogP contribution < -0.4 is 4.72 Å². The van der Waals surface area contributed by atoms with Crippen LogP contribution in [-0.2, 0) is 10.0 Å². The van der Waals surface area contributed by atoms with Crippen LogP contribution in [0.25, 0.3) is 5.82 Å². The first-order chi connectivity index (χ1) is 11.5. The van der Waals surface area contributed by atoms with Gasteiger partial charge < -0.3 is 5.11 Å². The van der Waals surface area contributed by atoms with Gasteiger partial charge in [0, 0.05) is 12.4 Å². The van der Waals surface area contributed by atoms with Gasteiger partial charge in [0.1, 0.15) is 0 Å². The maximum atomic E-state index is 12.3. The molecule has 0 aliphatic heterocycles. The summed E-state index contributed by atoms with van der Waals surface area (Å²) >= 11 is 0. The van der Waals surface area contributed by atoms with Gasteiger partial charge in [-0.15, -0.1) is 0 Å². The molecule has 3 rings (SSSR count). The van der Waals surface area contributed by atoms with E-state index in [1.54, 1.807) is 30.6 Å². The van der Waals surface area contributed by atoms with Gasteiger partial charge in [0.2, 0.25) is 0 Å². The number of nitrogens with zero attached hydrogens (tertiary/aromatic N) is 3. The first-order valence-electron chi connectivity index (χ1n) is 6.78. The Hall–Kier alpha value is -3.20. The highest BCUT2D eigenvalue weighted by molar-refractivity contribution is 7.92. The molecule has 8 nitrogen and oxygen atoms in total. The van der Waals surface area contributed by atoms with Crippen LogP contribution in [0.1, 0.15) is 10.4 Å². The maximum absolute atomic E-state index is 12.3. The molecule has 24 heavy (non-hydrogen) atoms. The van der Waals surface area contributed by atoms with E-state index in [4.69, 9.17) is 5.11 Å². The third-order valence-electron chi connectivity index (χ3n) is 3.13. The molecule has 9 heteroatoms. The predicted molar refractivity (Wildman–Crippen MR) is 85.6 cm³/mol. The van der Waals surface area contributed by atoms with Crippen molar-refractivity contribution in [2.45, 2.75) is 4.90 Å². The van der Waals surface area contributed by atoms with Gasteiger partial charge in [0.05, 0.1) is 22.3 Å². The number of aromatic nitrogens is 3. The molecule has 0 unspecified atom stereocenters. The molecule has 2 heterocycles. The molecule has 0 aliphatic rings. The van der Waals surface area contributed by atoms with E-state index >= 15 is 0 Å². The van der Waals surface area contributed by atoms with E-state index in [1.807, 2.05) is 0 Å². The summed E-state index contributed by atoms with van der Waals surface area (Å²) in [6, 6.07) is 10.0. The molecular weight excluding hydrogens is 332 g/mol. The Bertz CT molecular complexity index is 967. The van der Waals surface area contributed by atoms with Gasteiger partial charge in [0.25, 0.3) is 10.0 Å². The molecule has 0 fully saturated rings. The van der Waals surface area contributed by atoms with Gasteiger partial charge >= 0.3 is 5.97 Å². The van der Waals surface area contributed by atoms with Crippen molar-refractivity contribution in [3.05, 3.63) is 66.6 Å². The third kappa shape index (κ3) is 3.25. The number of rotatable bonds is 5. The topological polar surface area (TPSA) is 114 Å². The Morgan fingerprint density at radius 1 is 1.17 bits per heavy atom. The molecule has 0 amide bonds. The van der Waals surface area contributed by atoms with Gasteiger partial charge in [-0.05, 0) is 36.4 Å². The van der Waals surface area contributed by atoms with Crippen LogP contribution in [0.2, 0.25) is 0 Å². The molecule has 0 saturated heterocycles. The number of pyridine rings is 1. The van der Waals surface area contributed by atoms with E-state index in [-0.39, 0.29) is 16.1 Å². The lowest BCUT2D eigenvalue weighted by Gasteiger charge is -2.09. The van der Waals surface area contributed by atoms with E-state index in [9.17, 15) is 13.2 Å². The zero-order valence-electron chi connectivity index (χ0n) is 12.2. The van der Waals surface area contributed by atoms with Crippen LogP contribution in [0.15, 0.2) is 66.0 Å². The zero-order chi connectivity index (χ0) is 17.2. The number of hydrogen-bond acceptors (Lipinski definition) is 5. The molecule has 3 aromatic rings. The summed E-state index contributed by atoms with van der Waals surface area (Å²) in [5.41, 5.74) is 0.150. The van der Waals surface area contributed by atoms with Crippen molar-refractivity contribution in [2.75, 3.05) is 4.72 Å². The smallest absolute Gasteiger partial charge is 0.335 e. The highest BCUT2D eigenvalue weighted by Crippen LogP contribution is 2.17. The van der Waals surface area contributed by atoms with Crippen LogP contribution in [0.5, 0.6) is 0 Å². The summed E-state index contributed by atoms with van der Waals surface area (Å²) < 4.78 is 28.6. The Kier molecular flexibility index (Phi) is 4.00. The van der Waals surface area contributed by atoms with Crippen molar-refractivity contribution in [3.8, 4) is 5.82 Å². The van der Waals surface area contributed by atoms with Crippen LogP contribution in [-0.4, -0.2) is 34.3 Å². The molecule has 122 valence electrons. The molecule has 2 N–H and O–H groups in total. The first-order valence-corrected chi connectivity index (χ1v) is 8.26. The van der Waals surface area contributed by atoms with Crippen molar-refractivity contribution < 1.29 is 18.3 Å². The first kappa shape index (κ1) is 15.7. The van der Waals surface area contributed by atoms with Crippen LogP contribution in [0, 0.1) is 0 Å². The van der Waals surface area contributed by atoms with Crippen LogP contribution in [0.3, 0.4) is 0 Å². The van der Waals surface area contributed by atoms with E-state index in [0.29, 0.717) is 5.82 Å². The quantitative estimate of drug-likeness (QED) is 0.729. The van der Waals surface area contributed by atoms with Gasteiger partial charge in [0.15, 0.2) is 5.82 Å². The summed E-state index contributed by atoms with van der Waals surface area (Å²) in [7, 11) is -3.91. The number of sulfonamides is 1. The summed E-state index contributed by atoms with van der Waals surface area (Å²) in [5.74, 6) is -0.659. The maximum Gasteiger partial charge on any atom is 0.335 e. The van der Waals surface area contributed by atoms with E-state index in [2.05, 4.69) is 14.8 Å².